The van der Waals surface area contributed by atoms with Gasteiger partial charge in [0.1, 0.15) is 0 Å². The monoisotopic (exact) mass is 331 g/mol. The molecular weight excluding hydrogens is 314 g/mol. The summed E-state index contributed by atoms with van der Waals surface area (Å²) in [5, 5.41) is 3.28. The quantitative estimate of drug-likeness (QED) is 0.857. The van der Waals surface area contributed by atoms with E-state index < -0.39 is 18.0 Å². The fraction of sp³-hybridized carbons (Fsp3) is 0.222. The molecule has 0 saturated carbocycles. The number of halogens is 1. The van der Waals surface area contributed by atoms with Gasteiger partial charge in [-0.25, -0.2) is 4.79 Å². The van der Waals surface area contributed by atoms with E-state index in [1.54, 1.807) is 30.3 Å². The maximum atomic E-state index is 12.2. The summed E-state index contributed by atoms with van der Waals surface area (Å²) < 4.78 is 5.24. The Bertz CT molecular complexity index is 743. The van der Waals surface area contributed by atoms with Gasteiger partial charge in [-0.1, -0.05) is 35.9 Å². The van der Waals surface area contributed by atoms with Crippen LogP contribution >= 0.6 is 11.6 Å². The van der Waals surface area contributed by atoms with Crippen LogP contribution in [-0.4, -0.2) is 18.0 Å². The normalized spacial score (nSPS) is 11.7. The van der Waals surface area contributed by atoms with E-state index in [9.17, 15) is 9.59 Å². The van der Waals surface area contributed by atoms with Crippen LogP contribution in [0, 0.1) is 13.8 Å². The number of carbonyl (C=O) groups excluding carboxylic acids is 2. The van der Waals surface area contributed by atoms with Gasteiger partial charge in [0.05, 0.1) is 5.56 Å². The fourth-order valence-corrected chi connectivity index (χ4v) is 2.23. The predicted molar refractivity (Wildman–Crippen MR) is 90.9 cm³/mol. The number of hydrogen-bond acceptors (Lipinski definition) is 3. The highest BCUT2D eigenvalue weighted by molar-refractivity contribution is 6.31. The SMILES string of the molecule is Cc1ccccc1C(=O)OC(C)C(=O)Nc1cccc(Cl)c1C. The van der Waals surface area contributed by atoms with Gasteiger partial charge >= 0.3 is 5.97 Å². The number of carbonyl (C=O) groups is 2. The van der Waals surface area contributed by atoms with E-state index in [2.05, 4.69) is 5.32 Å². The summed E-state index contributed by atoms with van der Waals surface area (Å²) in [6, 6.07) is 12.3. The lowest BCUT2D eigenvalue weighted by atomic mass is 10.1. The molecule has 0 aliphatic rings. The van der Waals surface area contributed by atoms with E-state index in [1.807, 2.05) is 26.0 Å². The lowest BCUT2D eigenvalue weighted by Crippen LogP contribution is -2.30. The van der Waals surface area contributed by atoms with Crippen molar-refractivity contribution in [2.45, 2.75) is 26.9 Å². The molecule has 23 heavy (non-hydrogen) atoms. The molecule has 2 aromatic rings. The molecule has 0 aromatic heterocycles. The van der Waals surface area contributed by atoms with E-state index in [0.29, 0.717) is 16.3 Å². The number of ether oxygens (including phenoxy) is 1. The van der Waals surface area contributed by atoms with Gasteiger partial charge in [0.25, 0.3) is 5.91 Å². The average Bonchev–Trinajstić information content (AvgIpc) is 2.52. The Morgan fingerprint density at radius 1 is 1.09 bits per heavy atom. The van der Waals surface area contributed by atoms with Crippen molar-refractivity contribution in [1.29, 1.82) is 0 Å². The molecule has 0 saturated heterocycles. The molecule has 0 spiro atoms. The zero-order valence-electron chi connectivity index (χ0n) is 13.2. The summed E-state index contributed by atoms with van der Waals surface area (Å²) in [6.07, 6.45) is -0.916. The van der Waals surface area contributed by atoms with Gasteiger partial charge in [0.2, 0.25) is 0 Å². The highest BCUT2D eigenvalue weighted by atomic mass is 35.5. The topological polar surface area (TPSA) is 55.4 Å². The highest BCUT2D eigenvalue weighted by Crippen LogP contribution is 2.23. The van der Waals surface area contributed by atoms with E-state index in [-0.39, 0.29) is 0 Å². The first-order valence-corrected chi connectivity index (χ1v) is 7.60. The molecule has 120 valence electrons. The summed E-state index contributed by atoms with van der Waals surface area (Å²) in [5.41, 5.74) is 2.61. The molecule has 1 unspecified atom stereocenters. The predicted octanol–water partition coefficient (Wildman–Crippen LogP) is 4.14. The summed E-state index contributed by atoms with van der Waals surface area (Å²) in [6.45, 7) is 5.16. The van der Waals surface area contributed by atoms with E-state index >= 15 is 0 Å². The largest absolute Gasteiger partial charge is 0.449 e. The first kappa shape index (κ1) is 17.0. The zero-order chi connectivity index (χ0) is 17.0. The first-order valence-electron chi connectivity index (χ1n) is 7.22. The van der Waals surface area contributed by atoms with Crippen LogP contribution in [0.1, 0.15) is 28.4 Å². The molecule has 5 heteroatoms. The molecule has 0 fully saturated rings. The summed E-state index contributed by atoms with van der Waals surface area (Å²) in [7, 11) is 0. The molecule has 2 rings (SSSR count). The number of amides is 1. The highest BCUT2D eigenvalue weighted by Gasteiger charge is 2.20. The lowest BCUT2D eigenvalue weighted by molar-refractivity contribution is -0.123. The maximum Gasteiger partial charge on any atom is 0.339 e. The minimum atomic E-state index is -0.916. The number of rotatable bonds is 4. The molecule has 0 aliphatic carbocycles. The smallest absolute Gasteiger partial charge is 0.339 e. The summed E-state index contributed by atoms with van der Waals surface area (Å²) in [5.74, 6) is -0.925. The Balaban J connectivity index is 2.04. The van der Waals surface area contributed by atoms with Crippen LogP contribution in [0.25, 0.3) is 0 Å². The van der Waals surface area contributed by atoms with Gasteiger partial charge in [-0.15, -0.1) is 0 Å². The molecular formula is C18H18ClNO3. The van der Waals surface area contributed by atoms with Gasteiger partial charge in [0.15, 0.2) is 6.10 Å². The third kappa shape index (κ3) is 4.11. The molecule has 1 amide bonds. The molecule has 0 radical (unpaired) electrons. The van der Waals surface area contributed by atoms with Crippen LogP contribution < -0.4 is 5.32 Å². The Hall–Kier alpha value is -2.33. The van der Waals surface area contributed by atoms with Crippen LogP contribution in [-0.2, 0) is 9.53 Å². The molecule has 2 aromatic carbocycles. The molecule has 0 bridgehead atoms. The third-order valence-corrected chi connectivity index (χ3v) is 3.95. The minimum Gasteiger partial charge on any atom is -0.449 e. The van der Waals surface area contributed by atoms with Gasteiger partial charge in [-0.2, -0.15) is 0 Å². The number of esters is 1. The van der Waals surface area contributed by atoms with Gasteiger partial charge in [-0.3, -0.25) is 4.79 Å². The molecule has 1 N–H and O–H groups in total. The van der Waals surface area contributed by atoms with Crippen molar-refractivity contribution < 1.29 is 14.3 Å². The van der Waals surface area contributed by atoms with Gasteiger partial charge in [0, 0.05) is 10.7 Å². The summed E-state index contributed by atoms with van der Waals surface area (Å²) >= 11 is 6.02. The Morgan fingerprint density at radius 2 is 1.78 bits per heavy atom. The standard InChI is InChI=1S/C18H18ClNO3/c1-11-7-4-5-8-14(11)18(22)23-13(3)17(21)20-16-10-6-9-15(19)12(16)2/h4-10,13H,1-3H3,(H,20,21). The zero-order valence-corrected chi connectivity index (χ0v) is 14.0. The van der Waals surface area contributed by atoms with Crippen molar-refractivity contribution in [3.63, 3.8) is 0 Å². The number of anilines is 1. The van der Waals surface area contributed by atoms with Gasteiger partial charge < -0.3 is 10.1 Å². The lowest BCUT2D eigenvalue weighted by Gasteiger charge is -2.15. The first-order chi connectivity index (χ1) is 10.9. The van der Waals surface area contributed by atoms with Crippen molar-refractivity contribution in [3.8, 4) is 0 Å². The van der Waals surface area contributed by atoms with Crippen LogP contribution in [0.15, 0.2) is 42.5 Å². The number of benzene rings is 2. The number of hydrogen-bond donors (Lipinski definition) is 1. The molecule has 1 atom stereocenters. The maximum absolute atomic E-state index is 12.2. The van der Waals surface area contributed by atoms with Crippen molar-refractivity contribution in [2.24, 2.45) is 0 Å². The second-order valence-electron chi connectivity index (χ2n) is 5.26. The van der Waals surface area contributed by atoms with E-state index in [0.717, 1.165) is 11.1 Å². The third-order valence-electron chi connectivity index (χ3n) is 3.54. The molecule has 0 heterocycles. The van der Waals surface area contributed by atoms with Crippen molar-refractivity contribution in [2.75, 3.05) is 5.32 Å². The number of nitrogens with one attached hydrogen (secondary N) is 1. The Kier molecular flexibility index (Phi) is 5.40. The van der Waals surface area contributed by atoms with Crippen molar-refractivity contribution >= 4 is 29.2 Å². The van der Waals surface area contributed by atoms with E-state index in [4.69, 9.17) is 16.3 Å². The van der Waals surface area contributed by atoms with Crippen LogP contribution in [0.4, 0.5) is 5.69 Å². The van der Waals surface area contributed by atoms with Crippen LogP contribution in [0.5, 0.6) is 0 Å². The second-order valence-corrected chi connectivity index (χ2v) is 5.67. The summed E-state index contributed by atoms with van der Waals surface area (Å²) in [4.78, 5) is 24.3. The minimum absolute atomic E-state index is 0.405. The van der Waals surface area contributed by atoms with E-state index in [1.165, 1.54) is 6.92 Å². The van der Waals surface area contributed by atoms with Gasteiger partial charge in [-0.05, 0) is 50.1 Å². The average molecular weight is 332 g/mol. The second kappa shape index (κ2) is 7.29. The fourth-order valence-electron chi connectivity index (χ4n) is 2.06. The molecule has 0 aliphatic heterocycles. The van der Waals surface area contributed by atoms with Crippen molar-refractivity contribution in [3.05, 3.63) is 64.2 Å². The Morgan fingerprint density at radius 3 is 2.48 bits per heavy atom. The number of aryl methyl sites for hydroxylation is 1. The Labute approximate surface area is 140 Å². The van der Waals surface area contributed by atoms with Crippen LogP contribution in [0.2, 0.25) is 5.02 Å². The van der Waals surface area contributed by atoms with Crippen molar-refractivity contribution in [1.82, 2.24) is 0 Å². The van der Waals surface area contributed by atoms with Crippen LogP contribution in [0.3, 0.4) is 0 Å². The molecule has 4 nitrogen and oxygen atoms in total.